The van der Waals surface area contributed by atoms with Crippen LogP contribution in [0.3, 0.4) is 0 Å². The molecule has 2 heterocycles. The van der Waals surface area contributed by atoms with Gasteiger partial charge in [0, 0.05) is 11.6 Å². The third-order valence-corrected chi connectivity index (χ3v) is 6.72. The molecule has 2 aromatic heterocycles. The number of pyridine rings is 1. The molecule has 0 atom stereocenters. The molecule has 0 unspecified atom stereocenters. The number of hydrogen-bond donors (Lipinski definition) is 4. The van der Waals surface area contributed by atoms with Gasteiger partial charge in [0.15, 0.2) is 5.82 Å². The van der Waals surface area contributed by atoms with E-state index < -0.39 is 34.0 Å². The zero-order valence-corrected chi connectivity index (χ0v) is 21.9. The predicted octanol–water partition coefficient (Wildman–Crippen LogP) is 4.69. The van der Waals surface area contributed by atoms with Crippen molar-refractivity contribution in [3.63, 3.8) is 0 Å². The van der Waals surface area contributed by atoms with E-state index in [1.807, 2.05) is 0 Å². The maximum Gasteiger partial charge on any atom is 0.574 e. The predicted molar refractivity (Wildman–Crippen MR) is 141 cm³/mol. The lowest BCUT2D eigenvalue weighted by Crippen LogP contribution is -2.18. The van der Waals surface area contributed by atoms with Gasteiger partial charge >= 0.3 is 6.36 Å². The lowest BCUT2D eigenvalue weighted by molar-refractivity contribution is -0.276. The minimum Gasteiger partial charge on any atom is -0.487 e. The van der Waals surface area contributed by atoms with Crippen molar-refractivity contribution in [3.05, 3.63) is 77.6 Å². The molecule has 216 valence electrons. The highest BCUT2D eigenvalue weighted by Crippen LogP contribution is 2.35. The molecule has 11 nitrogen and oxygen atoms in total. The number of primary amides is 1. The van der Waals surface area contributed by atoms with Crippen molar-refractivity contribution in [2.24, 2.45) is 5.73 Å². The molecular weight excluding hydrogens is 572 g/mol. The fourth-order valence-electron chi connectivity index (χ4n) is 3.53. The molecule has 4 rings (SSSR count). The van der Waals surface area contributed by atoms with Crippen LogP contribution in [-0.4, -0.2) is 41.6 Å². The Balaban J connectivity index is 1.68. The largest absolute Gasteiger partial charge is 0.574 e. The minimum absolute atomic E-state index is 0.0505. The molecule has 0 saturated heterocycles. The second-order valence-electron chi connectivity index (χ2n) is 8.35. The van der Waals surface area contributed by atoms with E-state index in [0.29, 0.717) is 11.1 Å². The lowest BCUT2D eigenvalue weighted by atomic mass is 10.1. The van der Waals surface area contributed by atoms with E-state index in [-0.39, 0.29) is 46.7 Å². The van der Waals surface area contributed by atoms with Gasteiger partial charge in [0.05, 0.1) is 17.1 Å². The standard InChI is InChI=1S/C25H22F4N6O5S/c1-2-41(37,38)35-17-11-8-15(12-18(17)39-13-14-6-9-16(26)10-7-14)22-21(23(30)36)24(34-33-22)32-19-4-3-5-20(31-19)40-25(27,28)29/h3-12,35H,2,13H2,1H3,(H2,30,36)(H2,31,32,33,34). The summed E-state index contributed by atoms with van der Waals surface area (Å²) in [5, 5.41) is 9.29. The Hall–Kier alpha value is -4.86. The Bertz CT molecular complexity index is 1660. The SMILES string of the molecule is CCS(=O)(=O)Nc1ccc(-c2[nH]nc(Nc3cccc(OC(F)(F)F)n3)c2C(N)=O)cc1OCc1ccc(F)cc1. The van der Waals surface area contributed by atoms with Gasteiger partial charge < -0.3 is 20.5 Å². The summed E-state index contributed by atoms with van der Waals surface area (Å²) in [6, 6.07) is 13.3. The number of alkyl halides is 3. The van der Waals surface area contributed by atoms with Crippen LogP contribution in [0.1, 0.15) is 22.8 Å². The fraction of sp³-hybridized carbons (Fsp3) is 0.160. The molecule has 0 aliphatic rings. The first-order valence-corrected chi connectivity index (χ1v) is 13.4. The molecule has 0 fully saturated rings. The third kappa shape index (κ3) is 7.63. The van der Waals surface area contributed by atoms with Crippen molar-refractivity contribution in [1.29, 1.82) is 0 Å². The second-order valence-corrected chi connectivity index (χ2v) is 10.4. The number of ether oxygens (including phenoxy) is 2. The Kier molecular flexibility index (Phi) is 8.32. The number of nitrogens with zero attached hydrogens (tertiary/aromatic N) is 2. The number of aromatic nitrogens is 3. The Morgan fingerprint density at radius 3 is 2.49 bits per heavy atom. The van der Waals surface area contributed by atoms with Gasteiger partial charge in [0.2, 0.25) is 15.9 Å². The van der Waals surface area contributed by atoms with E-state index in [1.165, 1.54) is 61.5 Å². The lowest BCUT2D eigenvalue weighted by Gasteiger charge is -2.15. The molecule has 0 aliphatic heterocycles. The fourth-order valence-corrected chi connectivity index (χ4v) is 4.17. The number of H-pyrrole nitrogens is 1. The number of aromatic amines is 1. The average molecular weight is 595 g/mol. The van der Waals surface area contributed by atoms with Gasteiger partial charge in [-0.25, -0.2) is 12.8 Å². The zero-order chi connectivity index (χ0) is 29.8. The number of anilines is 3. The normalized spacial score (nSPS) is 11.6. The number of nitrogens with two attached hydrogens (primary N) is 1. The Morgan fingerprint density at radius 2 is 1.83 bits per heavy atom. The van der Waals surface area contributed by atoms with E-state index in [4.69, 9.17) is 10.5 Å². The summed E-state index contributed by atoms with van der Waals surface area (Å²) in [5.74, 6) is -2.53. The van der Waals surface area contributed by atoms with Gasteiger partial charge in [-0.3, -0.25) is 14.6 Å². The summed E-state index contributed by atoms with van der Waals surface area (Å²) in [4.78, 5) is 16.1. The third-order valence-electron chi connectivity index (χ3n) is 5.43. The van der Waals surface area contributed by atoms with Crippen LogP contribution in [0.5, 0.6) is 11.6 Å². The van der Waals surface area contributed by atoms with E-state index in [2.05, 4.69) is 30.0 Å². The smallest absolute Gasteiger partial charge is 0.487 e. The van der Waals surface area contributed by atoms with Gasteiger partial charge in [-0.1, -0.05) is 24.3 Å². The van der Waals surface area contributed by atoms with Crippen molar-refractivity contribution in [2.75, 3.05) is 15.8 Å². The van der Waals surface area contributed by atoms with E-state index in [0.717, 1.165) is 6.07 Å². The van der Waals surface area contributed by atoms with Crippen LogP contribution in [0.4, 0.5) is 34.9 Å². The number of hydrogen-bond acceptors (Lipinski definition) is 8. The molecular formula is C25H22F4N6O5S. The first-order chi connectivity index (χ1) is 19.3. The van der Waals surface area contributed by atoms with E-state index in [1.54, 1.807) is 0 Å². The topological polar surface area (TPSA) is 161 Å². The van der Waals surface area contributed by atoms with Gasteiger partial charge in [-0.15, -0.1) is 13.2 Å². The highest BCUT2D eigenvalue weighted by Gasteiger charge is 2.32. The summed E-state index contributed by atoms with van der Waals surface area (Å²) in [6.07, 6.45) is -4.96. The van der Waals surface area contributed by atoms with Gasteiger partial charge in [-0.05, 0) is 42.8 Å². The highest BCUT2D eigenvalue weighted by molar-refractivity contribution is 7.92. The molecule has 0 saturated carbocycles. The van der Waals surface area contributed by atoms with E-state index >= 15 is 0 Å². The number of sulfonamides is 1. The van der Waals surface area contributed by atoms with Gasteiger partial charge in [0.25, 0.3) is 5.91 Å². The van der Waals surface area contributed by atoms with E-state index in [9.17, 15) is 30.8 Å². The van der Waals surface area contributed by atoms with Gasteiger partial charge in [0.1, 0.15) is 29.6 Å². The van der Waals surface area contributed by atoms with Crippen LogP contribution in [0, 0.1) is 5.82 Å². The molecule has 5 N–H and O–H groups in total. The molecule has 0 spiro atoms. The van der Waals surface area contributed by atoms with Crippen LogP contribution >= 0.6 is 0 Å². The van der Waals surface area contributed by atoms with Crippen LogP contribution in [0.2, 0.25) is 0 Å². The number of rotatable bonds is 11. The van der Waals surface area contributed by atoms with Crippen molar-refractivity contribution in [1.82, 2.24) is 15.2 Å². The molecule has 0 radical (unpaired) electrons. The maximum absolute atomic E-state index is 13.3. The second kappa shape index (κ2) is 11.7. The molecule has 0 bridgehead atoms. The van der Waals surface area contributed by atoms with Crippen LogP contribution in [-0.2, 0) is 16.6 Å². The Morgan fingerprint density at radius 1 is 1.10 bits per heavy atom. The number of carbonyl (C=O) groups is 1. The quantitative estimate of drug-likeness (QED) is 0.182. The molecule has 0 aliphatic carbocycles. The highest BCUT2D eigenvalue weighted by atomic mass is 32.2. The Labute approximate surface area is 230 Å². The molecule has 16 heteroatoms. The molecule has 4 aromatic rings. The molecule has 1 amide bonds. The van der Waals surface area contributed by atoms with Crippen LogP contribution in [0.25, 0.3) is 11.3 Å². The summed E-state index contributed by atoms with van der Waals surface area (Å²) >= 11 is 0. The number of benzene rings is 2. The van der Waals surface area contributed by atoms with Crippen molar-refractivity contribution in [3.8, 4) is 22.9 Å². The number of nitrogens with one attached hydrogen (secondary N) is 3. The summed E-state index contributed by atoms with van der Waals surface area (Å²) in [6.45, 7) is 1.40. The maximum atomic E-state index is 13.3. The summed E-state index contributed by atoms with van der Waals surface area (Å²) < 4.78 is 87.5. The number of amides is 1. The first kappa shape index (κ1) is 29.1. The molecule has 2 aromatic carbocycles. The minimum atomic E-state index is -4.96. The monoisotopic (exact) mass is 594 g/mol. The molecule has 41 heavy (non-hydrogen) atoms. The van der Waals surface area contributed by atoms with Crippen molar-refractivity contribution < 1.29 is 40.2 Å². The van der Waals surface area contributed by atoms with Gasteiger partial charge in [-0.2, -0.15) is 10.1 Å². The first-order valence-electron chi connectivity index (χ1n) is 11.7. The number of halogens is 4. The van der Waals surface area contributed by atoms with Crippen molar-refractivity contribution in [2.45, 2.75) is 19.9 Å². The average Bonchev–Trinajstić information content (AvgIpc) is 3.32. The van der Waals surface area contributed by atoms with Crippen LogP contribution < -0.4 is 25.2 Å². The van der Waals surface area contributed by atoms with Crippen molar-refractivity contribution >= 4 is 33.3 Å². The van der Waals surface area contributed by atoms with Crippen LogP contribution in [0.15, 0.2) is 60.7 Å². The summed E-state index contributed by atoms with van der Waals surface area (Å²) in [5.41, 5.74) is 6.52. The number of carbonyl (C=O) groups excluding carboxylic acids is 1. The zero-order valence-electron chi connectivity index (χ0n) is 21.1. The summed E-state index contributed by atoms with van der Waals surface area (Å²) in [7, 11) is -3.70.